The molecule has 0 saturated heterocycles. The molecule has 2 aromatic rings. The lowest BCUT2D eigenvalue weighted by Crippen LogP contribution is -1.92. The van der Waals surface area contributed by atoms with Crippen LogP contribution in [0.2, 0.25) is 0 Å². The summed E-state index contributed by atoms with van der Waals surface area (Å²) in [6.45, 7) is 1.72. The molecule has 0 aliphatic heterocycles. The van der Waals surface area contributed by atoms with E-state index < -0.39 is 6.10 Å². The van der Waals surface area contributed by atoms with Gasteiger partial charge in [0.1, 0.15) is 5.82 Å². The zero-order valence-corrected chi connectivity index (χ0v) is 12.1. The summed E-state index contributed by atoms with van der Waals surface area (Å²) >= 11 is 4.91. The van der Waals surface area contributed by atoms with Crippen LogP contribution in [0, 0.1) is 5.82 Å². The van der Waals surface area contributed by atoms with Crippen LogP contribution < -0.4 is 0 Å². The lowest BCUT2D eigenvalue weighted by molar-refractivity contribution is 0.198. The molecule has 1 N–H and O–H groups in total. The summed E-state index contributed by atoms with van der Waals surface area (Å²) in [5.74, 6) is -0.236. The van der Waals surface area contributed by atoms with Gasteiger partial charge in [0.05, 0.1) is 6.10 Å². The molecule has 0 amide bonds. The lowest BCUT2D eigenvalue weighted by Gasteiger charge is -2.09. The van der Waals surface area contributed by atoms with Crippen LogP contribution in [-0.4, -0.2) is 5.11 Å². The molecule has 0 spiro atoms. The zero-order chi connectivity index (χ0) is 13.1. The van der Waals surface area contributed by atoms with Gasteiger partial charge >= 0.3 is 0 Å². The minimum Gasteiger partial charge on any atom is -0.389 e. The van der Waals surface area contributed by atoms with Gasteiger partial charge in [0, 0.05) is 14.3 Å². The number of rotatable bonds is 3. The molecule has 2 aromatic carbocycles. The van der Waals surface area contributed by atoms with Gasteiger partial charge in [-0.1, -0.05) is 39.8 Å². The maximum Gasteiger partial charge on any atom is 0.124 e. The first-order valence-electron chi connectivity index (χ1n) is 5.47. The van der Waals surface area contributed by atoms with E-state index in [1.807, 2.05) is 24.3 Å². The second kappa shape index (κ2) is 5.87. The van der Waals surface area contributed by atoms with Crippen molar-refractivity contribution >= 4 is 27.7 Å². The highest BCUT2D eigenvalue weighted by Gasteiger charge is 2.07. The Morgan fingerprint density at radius 2 is 1.89 bits per heavy atom. The molecule has 0 bridgehead atoms. The van der Waals surface area contributed by atoms with Crippen LogP contribution in [0.5, 0.6) is 0 Å². The third-order valence-corrected chi connectivity index (χ3v) is 4.12. The number of hydrogen-bond donors (Lipinski definition) is 1. The van der Waals surface area contributed by atoms with Crippen LogP contribution in [0.1, 0.15) is 18.6 Å². The lowest BCUT2D eigenvalue weighted by atomic mass is 10.1. The van der Waals surface area contributed by atoms with E-state index >= 15 is 0 Å². The molecule has 0 saturated carbocycles. The van der Waals surface area contributed by atoms with Gasteiger partial charge in [0.15, 0.2) is 0 Å². The van der Waals surface area contributed by atoms with Crippen LogP contribution in [-0.2, 0) is 0 Å². The fourth-order valence-corrected chi connectivity index (χ4v) is 3.34. The molecule has 0 aliphatic rings. The van der Waals surface area contributed by atoms with E-state index in [-0.39, 0.29) is 5.82 Å². The van der Waals surface area contributed by atoms with E-state index in [1.165, 1.54) is 23.9 Å². The zero-order valence-electron chi connectivity index (χ0n) is 9.73. The largest absolute Gasteiger partial charge is 0.389 e. The molecular weight excluding hydrogens is 315 g/mol. The van der Waals surface area contributed by atoms with Gasteiger partial charge in [0.25, 0.3) is 0 Å². The maximum atomic E-state index is 13.1. The van der Waals surface area contributed by atoms with Crippen molar-refractivity contribution in [3.8, 4) is 0 Å². The number of aliphatic hydroxyl groups excluding tert-OH is 1. The van der Waals surface area contributed by atoms with Crippen molar-refractivity contribution < 1.29 is 9.50 Å². The molecule has 1 nitrogen and oxygen atoms in total. The van der Waals surface area contributed by atoms with Gasteiger partial charge in [-0.2, -0.15) is 0 Å². The second-order valence-corrected chi connectivity index (χ2v) is 5.92. The highest BCUT2D eigenvalue weighted by molar-refractivity contribution is 9.10. The van der Waals surface area contributed by atoms with Gasteiger partial charge in [0.2, 0.25) is 0 Å². The van der Waals surface area contributed by atoms with E-state index in [1.54, 1.807) is 13.0 Å². The molecule has 0 fully saturated rings. The Morgan fingerprint density at radius 1 is 1.17 bits per heavy atom. The van der Waals surface area contributed by atoms with Gasteiger partial charge in [-0.25, -0.2) is 4.39 Å². The van der Waals surface area contributed by atoms with Crippen molar-refractivity contribution in [2.75, 3.05) is 0 Å². The second-order valence-electron chi connectivity index (χ2n) is 3.92. The van der Waals surface area contributed by atoms with Crippen molar-refractivity contribution in [2.45, 2.75) is 22.8 Å². The van der Waals surface area contributed by atoms with Crippen molar-refractivity contribution in [1.29, 1.82) is 0 Å². The molecular formula is C14H12BrFOS. The monoisotopic (exact) mass is 326 g/mol. The van der Waals surface area contributed by atoms with E-state index in [9.17, 15) is 9.50 Å². The number of hydrogen-bond acceptors (Lipinski definition) is 2. The van der Waals surface area contributed by atoms with Gasteiger partial charge in [-0.05, 0) is 42.8 Å². The predicted octanol–water partition coefficient (Wildman–Crippen LogP) is 4.79. The summed E-state index contributed by atoms with van der Waals surface area (Å²) in [6, 6.07) is 12.2. The summed E-state index contributed by atoms with van der Waals surface area (Å²) < 4.78 is 13.9. The van der Waals surface area contributed by atoms with E-state index in [0.717, 1.165) is 19.8 Å². The minimum atomic E-state index is -0.507. The predicted molar refractivity (Wildman–Crippen MR) is 75.3 cm³/mol. The smallest absolute Gasteiger partial charge is 0.124 e. The minimum absolute atomic E-state index is 0.236. The maximum absolute atomic E-state index is 13.1. The summed E-state index contributed by atoms with van der Waals surface area (Å²) in [4.78, 5) is 1.85. The third kappa shape index (κ3) is 3.34. The third-order valence-electron chi connectivity index (χ3n) is 2.45. The van der Waals surface area contributed by atoms with Gasteiger partial charge in [-0.15, -0.1) is 0 Å². The standard InChI is InChI=1S/C14H12BrFOS/c1-9(17)13-6-5-12(8-14(13)15)18-11-4-2-3-10(16)7-11/h2-9,17H,1H3/t9-/m1/s1. The average Bonchev–Trinajstić information content (AvgIpc) is 2.28. The molecule has 0 heterocycles. The highest BCUT2D eigenvalue weighted by atomic mass is 79.9. The Balaban J connectivity index is 2.23. The molecule has 4 heteroatoms. The fourth-order valence-electron chi connectivity index (χ4n) is 1.58. The quantitative estimate of drug-likeness (QED) is 0.874. The molecule has 0 aromatic heterocycles. The summed E-state index contributed by atoms with van der Waals surface area (Å²) in [5, 5.41) is 9.54. The van der Waals surface area contributed by atoms with E-state index in [4.69, 9.17) is 0 Å². The Kier molecular flexibility index (Phi) is 4.43. The first-order chi connectivity index (χ1) is 8.56. The molecule has 0 radical (unpaired) electrons. The topological polar surface area (TPSA) is 20.2 Å². The van der Waals surface area contributed by atoms with Crippen molar-refractivity contribution in [2.24, 2.45) is 0 Å². The summed E-state index contributed by atoms with van der Waals surface area (Å²) in [5.41, 5.74) is 0.846. The Labute approximate surface area is 118 Å². The van der Waals surface area contributed by atoms with Crippen LogP contribution in [0.25, 0.3) is 0 Å². The summed E-state index contributed by atoms with van der Waals surface area (Å²) in [6.07, 6.45) is -0.507. The van der Waals surface area contributed by atoms with E-state index in [0.29, 0.717) is 0 Å². The Morgan fingerprint density at radius 3 is 2.50 bits per heavy atom. The van der Waals surface area contributed by atoms with Crippen LogP contribution in [0.15, 0.2) is 56.7 Å². The first-order valence-corrected chi connectivity index (χ1v) is 7.08. The van der Waals surface area contributed by atoms with E-state index in [2.05, 4.69) is 15.9 Å². The molecule has 1 atom stereocenters. The van der Waals surface area contributed by atoms with Crippen molar-refractivity contribution in [1.82, 2.24) is 0 Å². The van der Waals surface area contributed by atoms with Crippen molar-refractivity contribution in [3.63, 3.8) is 0 Å². The number of benzene rings is 2. The van der Waals surface area contributed by atoms with Crippen LogP contribution in [0.4, 0.5) is 4.39 Å². The molecule has 0 aliphatic carbocycles. The molecule has 2 rings (SSSR count). The molecule has 0 unspecified atom stereocenters. The molecule has 18 heavy (non-hydrogen) atoms. The Hall–Kier alpha value is -0.840. The van der Waals surface area contributed by atoms with Crippen LogP contribution >= 0.6 is 27.7 Å². The van der Waals surface area contributed by atoms with Crippen LogP contribution in [0.3, 0.4) is 0 Å². The number of halogens is 2. The normalized spacial score (nSPS) is 12.4. The first kappa shape index (κ1) is 13.6. The summed E-state index contributed by atoms with van der Waals surface area (Å²) in [7, 11) is 0. The number of aliphatic hydroxyl groups is 1. The average molecular weight is 327 g/mol. The molecule has 94 valence electrons. The van der Waals surface area contributed by atoms with Gasteiger partial charge in [-0.3, -0.25) is 0 Å². The van der Waals surface area contributed by atoms with Gasteiger partial charge < -0.3 is 5.11 Å². The fraction of sp³-hybridized carbons (Fsp3) is 0.143. The Bertz CT molecular complexity index is 557. The van der Waals surface area contributed by atoms with Crippen molar-refractivity contribution in [3.05, 3.63) is 58.3 Å². The SMILES string of the molecule is C[C@@H](O)c1ccc(Sc2cccc(F)c2)cc1Br. The highest BCUT2D eigenvalue weighted by Crippen LogP contribution is 2.33.